The van der Waals surface area contributed by atoms with Crippen LogP contribution in [0.1, 0.15) is 11.1 Å². The van der Waals surface area contributed by atoms with Crippen molar-refractivity contribution in [3.05, 3.63) is 399 Å². The van der Waals surface area contributed by atoms with Gasteiger partial charge in [-0.2, -0.15) is 0 Å². The maximum absolute atomic E-state index is 2.55. The highest BCUT2D eigenvalue weighted by atomic mass is 28.3. The van der Waals surface area contributed by atoms with Crippen LogP contribution in [-0.2, 0) is 0 Å². The van der Waals surface area contributed by atoms with E-state index in [9.17, 15) is 0 Å². The predicted octanol–water partition coefficient (Wildman–Crippen LogP) is 31.6. The molecular weight excluding hydrogens is 1560 g/mol. The van der Waals surface area contributed by atoms with Crippen molar-refractivity contribution in [2.75, 3.05) is 19.6 Å². The lowest BCUT2D eigenvalue weighted by molar-refractivity contribution is 1.27. The molecule has 26 rings (SSSR count). The van der Waals surface area contributed by atoms with Crippen molar-refractivity contribution in [2.24, 2.45) is 0 Å². The fourth-order valence-electron chi connectivity index (χ4n) is 21.2. The van der Waals surface area contributed by atoms with Gasteiger partial charge in [-0.05, 0) is 189 Å². The lowest BCUT2D eigenvalue weighted by Gasteiger charge is -2.27. The van der Waals surface area contributed by atoms with Gasteiger partial charge in [-0.25, -0.2) is 0 Å². The number of aryl methyl sites for hydroxylation is 2. The van der Waals surface area contributed by atoms with E-state index in [0.717, 1.165) is 62.6 Å². The third-order valence-corrected chi connectivity index (χ3v) is 31.2. The number of fused-ring (bicyclic) bond motifs is 24. The predicted molar refractivity (Wildman–Crippen MR) is 546 cm³/mol. The molecule has 0 spiro atoms. The van der Waals surface area contributed by atoms with Crippen molar-refractivity contribution in [3.63, 3.8) is 0 Å². The molecule has 0 unspecified atom stereocenters. The highest BCUT2D eigenvalue weighted by molar-refractivity contribution is 6.89. The van der Waals surface area contributed by atoms with Crippen LogP contribution in [-0.4, -0.2) is 33.8 Å². The molecule has 26 aromatic rings. The number of para-hydroxylation sites is 8. The van der Waals surface area contributed by atoms with Gasteiger partial charge in [0.15, 0.2) is 0 Å². The van der Waals surface area contributed by atoms with Gasteiger partial charge in [-0.15, -0.1) is 0 Å². The Kier molecular flexibility index (Phi) is 16.1. The fraction of sp³-hybridized carbons (Fsp3) is 0.0690. The monoisotopic (exact) mass is 1650 g/mol. The molecule has 8 heterocycles. The Bertz CT molecular complexity index is 8820. The minimum Gasteiger partial charge on any atom is -0.310 e. The second kappa shape index (κ2) is 27.6. The zero-order valence-corrected chi connectivity index (χ0v) is 73.5. The van der Waals surface area contributed by atoms with E-state index in [-0.39, 0.29) is 0 Å². The van der Waals surface area contributed by atoms with Crippen LogP contribution in [0.4, 0.5) is 68.2 Å². The van der Waals surface area contributed by atoms with Crippen LogP contribution in [0.15, 0.2) is 388 Å². The van der Waals surface area contributed by atoms with Gasteiger partial charge in [0.05, 0.1) is 82.3 Å². The van der Waals surface area contributed by atoms with E-state index in [1.54, 1.807) is 0 Å². The Morgan fingerprint density at radius 2 is 0.389 bits per heavy atom. The SMILES string of the molecule is Cc1ccc(N(c2ccccc2)c2ccc3c4cccc5c6cc7c(cc6n(c3c2)c45)c2cccc3c4ccc(N(c5ccccc5)c5ccc([Si](C)(C)C)cc5)cc4n7c32)cc1.Cc1cccc(N(c2ccccc2)c2ccc3c4cccc5c6cc7c(cc6n(c3c2)c45)c2cccc3c4ccc(N(c5ccccc5)c5cccc([Si](C)(C)C)c5)cc4n7c32)c1. The highest BCUT2D eigenvalue weighted by Crippen LogP contribution is 2.52. The van der Waals surface area contributed by atoms with Crippen LogP contribution in [0, 0.1) is 13.8 Å². The minimum absolute atomic E-state index is 1.13. The number of hydrogen-bond acceptors (Lipinski definition) is 4. The molecule has 0 fully saturated rings. The third kappa shape index (κ3) is 11.1. The normalized spacial score (nSPS) is 12.4. The maximum atomic E-state index is 2.55. The highest BCUT2D eigenvalue weighted by Gasteiger charge is 2.30. The standard InChI is InChI=1S/2C58H44N4Si/c1-37-15-11-20-40(31-37)59(38-16-7-5-8-17-38)42-27-29-45-47-23-13-25-49-51-36-56-52(35-55(51)61(57(47)49)53(45)33-42)50-26-14-24-48-46-30-28-43(34-54(46)62(56)58(48)50)60(39-18-9-6-10-19-39)41-21-12-22-44(32-41)63(2,3)4;1-37-21-23-40(24-22-37)59(38-13-7-5-8-14-38)42-27-31-45-47-17-11-19-49-51-36-56-52(35-55(51)61(57(47)49)53(45)33-42)50-20-12-18-48-46-32-28-43(34-54(46)62(56)58(48)50)60(39-15-9-6-10-16-39)41-25-29-44(30-26-41)63(2,3)4/h2*5-36H,1-4H3. The molecule has 0 N–H and O–H groups in total. The van der Waals surface area contributed by atoms with Crippen molar-refractivity contribution in [1.82, 2.24) is 17.6 Å². The van der Waals surface area contributed by atoms with E-state index in [1.807, 2.05) is 0 Å². The first kappa shape index (κ1) is 73.5. The molecule has 18 aromatic carbocycles. The molecular formula is C116H88N8Si2. The Hall–Kier alpha value is -15.2. The average molecular weight is 1650 g/mol. The van der Waals surface area contributed by atoms with Crippen LogP contribution in [0.3, 0.4) is 0 Å². The lowest BCUT2D eigenvalue weighted by atomic mass is 10.0. The van der Waals surface area contributed by atoms with Crippen LogP contribution in [0.5, 0.6) is 0 Å². The van der Waals surface area contributed by atoms with E-state index in [0.29, 0.717) is 0 Å². The largest absolute Gasteiger partial charge is 0.310 e. The summed E-state index contributed by atoms with van der Waals surface area (Å²) in [6, 6.07) is 145. The molecule has 10 heteroatoms. The third-order valence-electron chi connectivity index (χ3n) is 27.0. The van der Waals surface area contributed by atoms with Gasteiger partial charge in [0.2, 0.25) is 0 Å². The van der Waals surface area contributed by atoms with E-state index in [2.05, 4.69) is 479 Å². The van der Waals surface area contributed by atoms with E-state index >= 15 is 0 Å². The van der Waals surface area contributed by atoms with Crippen molar-refractivity contribution in [1.29, 1.82) is 0 Å². The van der Waals surface area contributed by atoms with Gasteiger partial charge in [0, 0.05) is 154 Å². The molecule has 0 radical (unpaired) electrons. The molecule has 0 saturated carbocycles. The van der Waals surface area contributed by atoms with Crippen LogP contribution < -0.4 is 30.0 Å². The fourth-order valence-corrected chi connectivity index (χ4v) is 23.5. The summed E-state index contributed by atoms with van der Waals surface area (Å²) in [6.45, 7) is 18.8. The van der Waals surface area contributed by atoms with Crippen LogP contribution in [0.2, 0.25) is 39.3 Å². The molecule has 600 valence electrons. The summed E-state index contributed by atoms with van der Waals surface area (Å²) in [7, 11) is -3.02. The molecule has 0 aliphatic heterocycles. The van der Waals surface area contributed by atoms with E-state index < -0.39 is 16.1 Å². The Labute approximate surface area is 731 Å². The molecule has 126 heavy (non-hydrogen) atoms. The minimum atomic E-state index is -1.56. The summed E-state index contributed by atoms with van der Waals surface area (Å²) in [5.41, 5.74) is 31.2. The summed E-state index contributed by atoms with van der Waals surface area (Å²) < 4.78 is 10.2. The molecule has 0 amide bonds. The number of anilines is 12. The summed E-state index contributed by atoms with van der Waals surface area (Å²) in [5, 5.41) is 23.3. The van der Waals surface area contributed by atoms with E-state index in [1.165, 1.54) is 180 Å². The summed E-state index contributed by atoms with van der Waals surface area (Å²) >= 11 is 0. The second-order valence-electron chi connectivity index (χ2n) is 36.7. The van der Waals surface area contributed by atoms with Gasteiger partial charge in [0.25, 0.3) is 0 Å². The van der Waals surface area contributed by atoms with Gasteiger partial charge in [-0.3, -0.25) is 0 Å². The number of benzene rings is 18. The molecule has 0 aliphatic rings. The summed E-state index contributed by atoms with van der Waals surface area (Å²) in [5.74, 6) is 0. The number of rotatable bonds is 14. The van der Waals surface area contributed by atoms with Crippen molar-refractivity contribution in [3.8, 4) is 0 Å². The molecule has 0 atom stereocenters. The van der Waals surface area contributed by atoms with Crippen LogP contribution >= 0.6 is 0 Å². The summed E-state index contributed by atoms with van der Waals surface area (Å²) in [4.78, 5) is 9.59. The molecule has 8 nitrogen and oxygen atoms in total. The number of hydrogen-bond donors (Lipinski definition) is 0. The van der Waals surface area contributed by atoms with Gasteiger partial charge in [0.1, 0.15) is 0 Å². The number of aromatic nitrogens is 4. The topological polar surface area (TPSA) is 30.6 Å². The zero-order chi connectivity index (χ0) is 84.3. The Balaban J connectivity index is 0.000000137. The first-order chi connectivity index (χ1) is 61.6. The van der Waals surface area contributed by atoms with Crippen molar-refractivity contribution < 1.29 is 0 Å². The van der Waals surface area contributed by atoms with Gasteiger partial charge in [-0.1, -0.05) is 274 Å². The molecule has 8 aromatic heterocycles. The Morgan fingerprint density at radius 3 is 0.690 bits per heavy atom. The van der Waals surface area contributed by atoms with E-state index in [4.69, 9.17) is 0 Å². The van der Waals surface area contributed by atoms with Crippen molar-refractivity contribution in [2.45, 2.75) is 53.1 Å². The Morgan fingerprint density at radius 1 is 0.159 bits per heavy atom. The number of nitrogens with zero attached hydrogens (tertiary/aromatic N) is 8. The first-order valence-corrected chi connectivity index (χ1v) is 51.0. The van der Waals surface area contributed by atoms with Crippen molar-refractivity contribution >= 4 is 247 Å². The molecule has 0 saturated heterocycles. The lowest BCUT2D eigenvalue weighted by Crippen LogP contribution is -2.37. The van der Waals surface area contributed by atoms with Gasteiger partial charge < -0.3 is 37.2 Å². The molecule has 0 aliphatic carbocycles. The maximum Gasteiger partial charge on any atom is 0.0776 e. The quantitative estimate of drug-likeness (QED) is 0.102. The second-order valence-corrected chi connectivity index (χ2v) is 46.8. The first-order valence-electron chi connectivity index (χ1n) is 44.0. The molecule has 0 bridgehead atoms. The zero-order valence-electron chi connectivity index (χ0n) is 71.5. The van der Waals surface area contributed by atoms with Crippen LogP contribution in [0.25, 0.3) is 152 Å². The van der Waals surface area contributed by atoms with Gasteiger partial charge >= 0.3 is 0 Å². The summed E-state index contributed by atoms with van der Waals surface area (Å²) in [6.07, 6.45) is 0. The smallest absolute Gasteiger partial charge is 0.0776 e. The average Bonchev–Trinajstić information content (AvgIpc) is 1.52.